The van der Waals surface area contributed by atoms with Crippen molar-refractivity contribution in [2.45, 2.75) is 18.9 Å². The van der Waals surface area contributed by atoms with E-state index in [1.807, 2.05) is 12.1 Å². The summed E-state index contributed by atoms with van der Waals surface area (Å²) in [6, 6.07) is 5.52. The SMILES string of the molecule is CN1CCC(NC(=O)Nc2ccc3c(c2)OCCO3)CC1. The van der Waals surface area contributed by atoms with Gasteiger partial charge in [-0.05, 0) is 45.1 Å². The molecule has 0 radical (unpaired) electrons. The van der Waals surface area contributed by atoms with Crippen molar-refractivity contribution in [1.29, 1.82) is 0 Å². The van der Waals surface area contributed by atoms with Crippen molar-refractivity contribution in [1.82, 2.24) is 10.2 Å². The number of rotatable bonds is 2. The zero-order valence-corrected chi connectivity index (χ0v) is 12.2. The predicted molar refractivity (Wildman–Crippen MR) is 80.1 cm³/mol. The molecule has 21 heavy (non-hydrogen) atoms. The van der Waals surface area contributed by atoms with E-state index >= 15 is 0 Å². The Bertz CT molecular complexity index is 513. The van der Waals surface area contributed by atoms with Crippen LogP contribution in [0.25, 0.3) is 0 Å². The maximum absolute atomic E-state index is 12.0. The number of hydrogen-bond acceptors (Lipinski definition) is 4. The molecule has 0 aromatic heterocycles. The van der Waals surface area contributed by atoms with Crippen LogP contribution in [-0.2, 0) is 0 Å². The third-order valence-electron chi connectivity index (χ3n) is 3.85. The molecule has 0 spiro atoms. The van der Waals surface area contributed by atoms with Gasteiger partial charge < -0.3 is 25.0 Å². The molecule has 0 bridgehead atoms. The summed E-state index contributed by atoms with van der Waals surface area (Å²) in [5.41, 5.74) is 0.713. The minimum atomic E-state index is -0.166. The molecule has 0 saturated carbocycles. The molecule has 114 valence electrons. The fourth-order valence-corrected chi connectivity index (χ4v) is 2.63. The van der Waals surface area contributed by atoms with Crippen LogP contribution < -0.4 is 20.1 Å². The molecule has 1 aromatic carbocycles. The van der Waals surface area contributed by atoms with Crippen molar-refractivity contribution in [3.63, 3.8) is 0 Å². The first-order valence-corrected chi connectivity index (χ1v) is 7.36. The summed E-state index contributed by atoms with van der Waals surface area (Å²) in [5, 5.41) is 5.87. The van der Waals surface area contributed by atoms with Crippen molar-refractivity contribution in [2.75, 3.05) is 38.7 Å². The third kappa shape index (κ3) is 3.58. The van der Waals surface area contributed by atoms with E-state index in [1.54, 1.807) is 6.07 Å². The Morgan fingerprint density at radius 2 is 1.90 bits per heavy atom. The van der Waals surface area contributed by atoms with E-state index in [0.717, 1.165) is 31.7 Å². The fraction of sp³-hybridized carbons (Fsp3) is 0.533. The summed E-state index contributed by atoms with van der Waals surface area (Å²) < 4.78 is 11.0. The van der Waals surface area contributed by atoms with Gasteiger partial charge in [-0.3, -0.25) is 0 Å². The summed E-state index contributed by atoms with van der Waals surface area (Å²) in [6.07, 6.45) is 1.98. The van der Waals surface area contributed by atoms with Gasteiger partial charge in [-0.25, -0.2) is 4.79 Å². The molecule has 2 N–H and O–H groups in total. The molecule has 1 fully saturated rings. The van der Waals surface area contributed by atoms with Crippen LogP contribution in [0, 0.1) is 0 Å². The van der Waals surface area contributed by atoms with Gasteiger partial charge in [0.05, 0.1) is 0 Å². The van der Waals surface area contributed by atoms with Crippen LogP contribution in [0.3, 0.4) is 0 Å². The Morgan fingerprint density at radius 1 is 1.19 bits per heavy atom. The summed E-state index contributed by atoms with van der Waals surface area (Å²) >= 11 is 0. The topological polar surface area (TPSA) is 62.8 Å². The van der Waals surface area contributed by atoms with Gasteiger partial charge >= 0.3 is 6.03 Å². The first kappa shape index (κ1) is 14.0. The molecule has 6 nitrogen and oxygen atoms in total. The number of fused-ring (bicyclic) bond motifs is 1. The van der Waals surface area contributed by atoms with Crippen LogP contribution in [0.5, 0.6) is 11.5 Å². The number of anilines is 1. The van der Waals surface area contributed by atoms with E-state index in [1.165, 1.54) is 0 Å². The van der Waals surface area contributed by atoms with E-state index in [2.05, 4.69) is 22.6 Å². The molecule has 1 saturated heterocycles. The van der Waals surface area contributed by atoms with Gasteiger partial charge in [0, 0.05) is 17.8 Å². The molecule has 3 rings (SSSR count). The zero-order chi connectivity index (χ0) is 14.7. The van der Waals surface area contributed by atoms with Crippen molar-refractivity contribution < 1.29 is 14.3 Å². The number of urea groups is 1. The standard InChI is InChI=1S/C15H21N3O3/c1-18-6-4-11(5-7-18)16-15(19)17-12-2-3-13-14(10-12)21-9-8-20-13/h2-3,10-11H,4-9H2,1H3,(H2,16,17,19). The molecule has 1 aromatic rings. The highest BCUT2D eigenvalue weighted by Crippen LogP contribution is 2.32. The molecular weight excluding hydrogens is 270 g/mol. The number of benzene rings is 1. The number of nitrogens with zero attached hydrogens (tertiary/aromatic N) is 1. The average molecular weight is 291 g/mol. The van der Waals surface area contributed by atoms with Gasteiger partial charge in [0.1, 0.15) is 13.2 Å². The first-order valence-electron chi connectivity index (χ1n) is 7.36. The number of piperidine rings is 1. The third-order valence-corrected chi connectivity index (χ3v) is 3.85. The van der Waals surface area contributed by atoms with Gasteiger partial charge in [-0.2, -0.15) is 0 Å². The van der Waals surface area contributed by atoms with Crippen LogP contribution in [0.15, 0.2) is 18.2 Å². The Hall–Kier alpha value is -1.95. The Labute approximate surface area is 124 Å². The van der Waals surface area contributed by atoms with Gasteiger partial charge in [-0.1, -0.05) is 0 Å². The summed E-state index contributed by atoms with van der Waals surface area (Å²) in [6.45, 7) is 3.15. The van der Waals surface area contributed by atoms with E-state index < -0.39 is 0 Å². The number of carbonyl (C=O) groups is 1. The molecule has 6 heteroatoms. The monoisotopic (exact) mass is 291 g/mol. The van der Waals surface area contributed by atoms with E-state index in [0.29, 0.717) is 24.7 Å². The van der Waals surface area contributed by atoms with Crippen LogP contribution in [-0.4, -0.2) is 50.3 Å². The lowest BCUT2D eigenvalue weighted by Gasteiger charge is -2.29. The summed E-state index contributed by atoms with van der Waals surface area (Å²) in [7, 11) is 2.10. The van der Waals surface area contributed by atoms with Crippen LogP contribution in [0.1, 0.15) is 12.8 Å². The smallest absolute Gasteiger partial charge is 0.319 e. The maximum atomic E-state index is 12.0. The molecule has 2 heterocycles. The number of carbonyl (C=O) groups excluding carboxylic acids is 1. The second-order valence-corrected chi connectivity index (χ2v) is 5.53. The average Bonchev–Trinajstić information content (AvgIpc) is 2.49. The van der Waals surface area contributed by atoms with Crippen molar-refractivity contribution in [3.05, 3.63) is 18.2 Å². The van der Waals surface area contributed by atoms with Crippen molar-refractivity contribution in [2.24, 2.45) is 0 Å². The highest BCUT2D eigenvalue weighted by atomic mass is 16.6. The van der Waals surface area contributed by atoms with E-state index in [-0.39, 0.29) is 12.1 Å². The largest absolute Gasteiger partial charge is 0.486 e. The first-order chi connectivity index (χ1) is 10.2. The molecular formula is C15H21N3O3. The molecule has 2 aliphatic rings. The normalized spacial score (nSPS) is 19.1. The van der Waals surface area contributed by atoms with Gasteiger partial charge in [0.15, 0.2) is 11.5 Å². The molecule has 2 amide bonds. The summed E-state index contributed by atoms with van der Waals surface area (Å²) in [4.78, 5) is 14.3. The number of nitrogens with one attached hydrogen (secondary N) is 2. The number of likely N-dealkylation sites (tertiary alicyclic amines) is 1. The molecule has 0 atom stereocenters. The Kier molecular flexibility index (Phi) is 4.15. The quantitative estimate of drug-likeness (QED) is 0.870. The van der Waals surface area contributed by atoms with E-state index in [9.17, 15) is 4.79 Å². The summed E-state index contributed by atoms with van der Waals surface area (Å²) in [5.74, 6) is 1.40. The minimum Gasteiger partial charge on any atom is -0.486 e. The lowest BCUT2D eigenvalue weighted by Crippen LogP contribution is -2.44. The molecule has 0 unspecified atom stereocenters. The van der Waals surface area contributed by atoms with Crippen LogP contribution >= 0.6 is 0 Å². The van der Waals surface area contributed by atoms with E-state index in [4.69, 9.17) is 9.47 Å². The molecule has 2 aliphatic heterocycles. The Morgan fingerprint density at radius 3 is 2.67 bits per heavy atom. The predicted octanol–water partition coefficient (Wildman–Crippen LogP) is 1.67. The Balaban J connectivity index is 1.55. The second-order valence-electron chi connectivity index (χ2n) is 5.53. The number of hydrogen-bond donors (Lipinski definition) is 2. The van der Waals surface area contributed by atoms with Gasteiger partial charge in [0.2, 0.25) is 0 Å². The highest BCUT2D eigenvalue weighted by molar-refractivity contribution is 5.89. The van der Waals surface area contributed by atoms with Crippen molar-refractivity contribution >= 4 is 11.7 Å². The fourth-order valence-electron chi connectivity index (χ4n) is 2.63. The van der Waals surface area contributed by atoms with Gasteiger partial charge in [-0.15, -0.1) is 0 Å². The zero-order valence-electron chi connectivity index (χ0n) is 12.2. The van der Waals surface area contributed by atoms with Crippen LogP contribution in [0.2, 0.25) is 0 Å². The number of amides is 2. The highest BCUT2D eigenvalue weighted by Gasteiger charge is 2.19. The molecule has 0 aliphatic carbocycles. The minimum absolute atomic E-state index is 0.166. The van der Waals surface area contributed by atoms with Crippen LogP contribution in [0.4, 0.5) is 10.5 Å². The lowest BCUT2D eigenvalue weighted by molar-refractivity contribution is 0.171. The lowest BCUT2D eigenvalue weighted by atomic mass is 10.1. The van der Waals surface area contributed by atoms with Gasteiger partial charge in [0.25, 0.3) is 0 Å². The maximum Gasteiger partial charge on any atom is 0.319 e. The second kappa shape index (κ2) is 6.22. The number of ether oxygens (including phenoxy) is 2. The van der Waals surface area contributed by atoms with Crippen molar-refractivity contribution in [3.8, 4) is 11.5 Å².